The summed E-state index contributed by atoms with van der Waals surface area (Å²) in [5, 5.41) is 11.5. The van der Waals surface area contributed by atoms with Crippen LogP contribution in [0, 0.1) is 6.92 Å². The Kier molecular flexibility index (Phi) is 4.62. The van der Waals surface area contributed by atoms with Crippen molar-refractivity contribution in [2.24, 2.45) is 0 Å². The topological polar surface area (TPSA) is 86.7 Å². The number of carboxylic acid groups (broad SMARTS) is 1. The van der Waals surface area contributed by atoms with E-state index in [-0.39, 0.29) is 5.91 Å². The normalized spacial score (nSPS) is 18.3. The highest BCUT2D eigenvalue weighted by atomic mass is 79.9. The zero-order chi connectivity index (χ0) is 15.6. The number of nitrogens with zero attached hydrogens (tertiary/aromatic N) is 1. The highest BCUT2D eigenvalue weighted by molar-refractivity contribution is 9.10. The average molecular weight is 355 g/mol. The first kappa shape index (κ1) is 15.5. The number of hydrogen-bond acceptors (Lipinski definition) is 3. The number of amides is 2. The van der Waals surface area contributed by atoms with Gasteiger partial charge in [0.1, 0.15) is 6.04 Å². The third-order valence-corrected chi connectivity index (χ3v) is 4.25. The molecule has 2 rings (SSSR count). The number of halogens is 1. The molecule has 0 bridgehead atoms. The number of carbonyl (C=O) groups excluding carboxylic acids is 2. The summed E-state index contributed by atoms with van der Waals surface area (Å²) in [5.41, 5.74) is 1.35. The minimum Gasteiger partial charge on any atom is -0.481 e. The number of carboxylic acids is 1. The number of piperazine rings is 1. The van der Waals surface area contributed by atoms with Crippen LogP contribution in [-0.4, -0.2) is 46.9 Å². The molecule has 1 aliphatic rings. The van der Waals surface area contributed by atoms with E-state index in [1.54, 1.807) is 18.2 Å². The number of aryl methyl sites for hydroxylation is 1. The van der Waals surface area contributed by atoms with E-state index >= 15 is 0 Å². The first-order valence-electron chi connectivity index (χ1n) is 6.47. The van der Waals surface area contributed by atoms with E-state index in [2.05, 4.69) is 21.2 Å². The molecule has 1 aromatic rings. The van der Waals surface area contributed by atoms with Crippen molar-refractivity contribution in [3.8, 4) is 0 Å². The Labute approximate surface area is 130 Å². The summed E-state index contributed by atoms with van der Waals surface area (Å²) in [6, 6.07) is 4.17. The van der Waals surface area contributed by atoms with Crippen LogP contribution in [0.5, 0.6) is 0 Å². The Morgan fingerprint density at radius 3 is 2.81 bits per heavy atom. The van der Waals surface area contributed by atoms with Gasteiger partial charge in [0.2, 0.25) is 5.91 Å². The van der Waals surface area contributed by atoms with Crippen molar-refractivity contribution in [1.82, 2.24) is 10.2 Å². The van der Waals surface area contributed by atoms with Gasteiger partial charge in [-0.1, -0.05) is 15.9 Å². The van der Waals surface area contributed by atoms with Crippen molar-refractivity contribution in [3.63, 3.8) is 0 Å². The molecule has 0 spiro atoms. The van der Waals surface area contributed by atoms with E-state index in [0.29, 0.717) is 18.7 Å². The summed E-state index contributed by atoms with van der Waals surface area (Å²) in [6.45, 7) is 2.49. The molecule has 0 radical (unpaired) electrons. The van der Waals surface area contributed by atoms with Gasteiger partial charge in [-0.25, -0.2) is 0 Å². The van der Waals surface area contributed by atoms with Gasteiger partial charge >= 0.3 is 5.97 Å². The Hall–Kier alpha value is -1.89. The molecule has 0 aliphatic carbocycles. The smallest absolute Gasteiger partial charge is 0.305 e. The molecule has 0 saturated carbocycles. The van der Waals surface area contributed by atoms with Gasteiger partial charge in [-0.15, -0.1) is 0 Å². The van der Waals surface area contributed by atoms with Crippen LogP contribution in [0.2, 0.25) is 0 Å². The van der Waals surface area contributed by atoms with Gasteiger partial charge in [0.05, 0.1) is 6.42 Å². The van der Waals surface area contributed by atoms with E-state index < -0.39 is 24.3 Å². The second-order valence-corrected chi connectivity index (χ2v) is 5.72. The summed E-state index contributed by atoms with van der Waals surface area (Å²) in [7, 11) is 0. The number of rotatable bonds is 3. The molecule has 7 heteroatoms. The predicted molar refractivity (Wildman–Crippen MR) is 79.0 cm³/mol. The Morgan fingerprint density at radius 2 is 2.19 bits per heavy atom. The van der Waals surface area contributed by atoms with E-state index in [9.17, 15) is 14.4 Å². The maximum absolute atomic E-state index is 12.5. The van der Waals surface area contributed by atoms with Crippen LogP contribution < -0.4 is 5.32 Å². The Bertz CT molecular complexity index is 603. The number of benzene rings is 1. The molecule has 1 fully saturated rings. The van der Waals surface area contributed by atoms with Gasteiger partial charge in [-0.3, -0.25) is 14.4 Å². The van der Waals surface area contributed by atoms with Crippen molar-refractivity contribution < 1.29 is 19.5 Å². The molecule has 1 heterocycles. The molecule has 2 amide bonds. The van der Waals surface area contributed by atoms with Gasteiger partial charge in [-0.05, 0) is 30.7 Å². The number of nitrogens with one attached hydrogen (secondary N) is 1. The first-order valence-corrected chi connectivity index (χ1v) is 7.26. The second-order valence-electron chi connectivity index (χ2n) is 4.87. The highest BCUT2D eigenvalue weighted by Gasteiger charge is 2.35. The molecule has 2 N–H and O–H groups in total. The lowest BCUT2D eigenvalue weighted by molar-refractivity contribution is -0.142. The number of aliphatic carboxylic acids is 1. The van der Waals surface area contributed by atoms with Crippen molar-refractivity contribution in [2.75, 3.05) is 13.1 Å². The maximum atomic E-state index is 12.5. The molecule has 1 saturated heterocycles. The van der Waals surface area contributed by atoms with E-state index in [0.717, 1.165) is 10.0 Å². The minimum atomic E-state index is -1.11. The molecule has 1 aromatic carbocycles. The molecule has 6 nitrogen and oxygen atoms in total. The van der Waals surface area contributed by atoms with Gasteiger partial charge in [0, 0.05) is 23.1 Å². The fourth-order valence-electron chi connectivity index (χ4n) is 2.27. The van der Waals surface area contributed by atoms with Crippen molar-refractivity contribution in [1.29, 1.82) is 0 Å². The Balaban J connectivity index is 2.27. The lowest BCUT2D eigenvalue weighted by Crippen LogP contribution is -2.57. The molecule has 1 aliphatic heterocycles. The molecule has 21 heavy (non-hydrogen) atoms. The quantitative estimate of drug-likeness (QED) is 0.852. The van der Waals surface area contributed by atoms with Crippen LogP contribution in [0.4, 0.5) is 0 Å². The fraction of sp³-hybridized carbons (Fsp3) is 0.357. The van der Waals surface area contributed by atoms with Crippen LogP contribution in [-0.2, 0) is 9.59 Å². The summed E-state index contributed by atoms with van der Waals surface area (Å²) in [5.74, 6) is -1.86. The standard InChI is InChI=1S/C14H15BrN2O4/c1-8-6-9(2-3-10(8)15)14(21)17-5-4-16-13(20)11(17)7-12(18)19/h2-3,6,11H,4-5,7H2,1H3,(H,16,20)(H,18,19). The fourth-order valence-corrected chi connectivity index (χ4v) is 2.52. The highest BCUT2D eigenvalue weighted by Crippen LogP contribution is 2.20. The average Bonchev–Trinajstić information content (AvgIpc) is 2.43. The van der Waals surface area contributed by atoms with Crippen molar-refractivity contribution >= 4 is 33.7 Å². The zero-order valence-electron chi connectivity index (χ0n) is 11.4. The first-order chi connectivity index (χ1) is 9.90. The molecule has 1 atom stereocenters. The molecule has 1 unspecified atom stereocenters. The van der Waals surface area contributed by atoms with Gasteiger partial charge in [-0.2, -0.15) is 0 Å². The summed E-state index contributed by atoms with van der Waals surface area (Å²) >= 11 is 3.36. The van der Waals surface area contributed by atoms with Crippen LogP contribution >= 0.6 is 15.9 Å². The van der Waals surface area contributed by atoms with Crippen LogP contribution in [0.15, 0.2) is 22.7 Å². The monoisotopic (exact) mass is 354 g/mol. The Morgan fingerprint density at radius 1 is 1.48 bits per heavy atom. The number of carbonyl (C=O) groups is 3. The SMILES string of the molecule is Cc1cc(C(=O)N2CCNC(=O)C2CC(=O)O)ccc1Br. The summed E-state index contributed by atoms with van der Waals surface area (Å²) < 4.78 is 0.887. The largest absolute Gasteiger partial charge is 0.481 e. The van der Waals surface area contributed by atoms with E-state index in [4.69, 9.17) is 5.11 Å². The number of hydrogen-bond donors (Lipinski definition) is 2. The van der Waals surface area contributed by atoms with Crippen molar-refractivity contribution in [3.05, 3.63) is 33.8 Å². The maximum Gasteiger partial charge on any atom is 0.305 e. The lowest BCUT2D eigenvalue weighted by Gasteiger charge is -2.34. The van der Waals surface area contributed by atoms with Crippen LogP contribution in [0.3, 0.4) is 0 Å². The van der Waals surface area contributed by atoms with Crippen molar-refractivity contribution in [2.45, 2.75) is 19.4 Å². The van der Waals surface area contributed by atoms with Gasteiger partial charge in [0.15, 0.2) is 0 Å². The van der Waals surface area contributed by atoms with E-state index in [1.165, 1.54) is 4.90 Å². The lowest BCUT2D eigenvalue weighted by atomic mass is 10.1. The second kappa shape index (κ2) is 6.26. The zero-order valence-corrected chi connectivity index (χ0v) is 13.0. The molecule has 0 aromatic heterocycles. The summed E-state index contributed by atoms with van der Waals surface area (Å²) in [4.78, 5) is 36.6. The molecular formula is C14H15BrN2O4. The summed E-state index contributed by atoms with van der Waals surface area (Å²) in [6.07, 6.45) is -0.396. The van der Waals surface area contributed by atoms with Crippen LogP contribution in [0.25, 0.3) is 0 Å². The molecule has 112 valence electrons. The van der Waals surface area contributed by atoms with Crippen LogP contribution in [0.1, 0.15) is 22.3 Å². The van der Waals surface area contributed by atoms with Gasteiger partial charge < -0.3 is 15.3 Å². The third kappa shape index (κ3) is 3.41. The predicted octanol–water partition coefficient (Wildman–Crippen LogP) is 1.17. The minimum absolute atomic E-state index is 0.303. The van der Waals surface area contributed by atoms with Gasteiger partial charge in [0.25, 0.3) is 5.91 Å². The molecular weight excluding hydrogens is 340 g/mol. The third-order valence-electron chi connectivity index (χ3n) is 3.36. The van der Waals surface area contributed by atoms with E-state index in [1.807, 2.05) is 6.92 Å².